The summed E-state index contributed by atoms with van der Waals surface area (Å²) < 4.78 is 1.19. The van der Waals surface area contributed by atoms with Crippen LogP contribution < -0.4 is 11.2 Å². The van der Waals surface area contributed by atoms with Crippen molar-refractivity contribution >= 4 is 0 Å². The molecule has 1 rings (SSSR count). The lowest BCUT2D eigenvalue weighted by atomic mass is 10.3. The van der Waals surface area contributed by atoms with E-state index in [4.69, 9.17) is 0 Å². The summed E-state index contributed by atoms with van der Waals surface area (Å²) in [6.07, 6.45) is 2.13. The van der Waals surface area contributed by atoms with Gasteiger partial charge in [0.2, 0.25) is 0 Å². The molecule has 1 N–H and O–H groups in total. The van der Waals surface area contributed by atoms with Gasteiger partial charge in [-0.25, -0.2) is 4.79 Å². The van der Waals surface area contributed by atoms with E-state index in [-0.39, 0.29) is 11.2 Å². The van der Waals surface area contributed by atoms with Gasteiger partial charge in [0.15, 0.2) is 0 Å². The molecule has 12 heavy (non-hydrogen) atoms. The van der Waals surface area contributed by atoms with Crippen LogP contribution >= 0.6 is 0 Å². The Kier molecular flexibility index (Phi) is 2.47. The van der Waals surface area contributed by atoms with Gasteiger partial charge < -0.3 is 4.98 Å². The Hall–Kier alpha value is -1.32. The fourth-order valence-electron chi connectivity index (χ4n) is 1.09. The zero-order valence-electron chi connectivity index (χ0n) is 7.26. The molecule has 0 aliphatic rings. The average molecular weight is 168 g/mol. The van der Waals surface area contributed by atoms with Gasteiger partial charge in [-0.2, -0.15) is 0 Å². The van der Waals surface area contributed by atoms with Crippen LogP contribution in [0.2, 0.25) is 0 Å². The highest BCUT2D eigenvalue weighted by molar-refractivity contribution is 5.03. The quantitative estimate of drug-likeness (QED) is 0.681. The molecule has 1 aromatic rings. The number of aryl methyl sites for hydroxylation is 1. The van der Waals surface area contributed by atoms with Crippen molar-refractivity contribution in [1.29, 1.82) is 0 Å². The van der Waals surface area contributed by atoms with Crippen LogP contribution in [0.1, 0.15) is 19.4 Å². The summed E-state index contributed by atoms with van der Waals surface area (Å²) in [5, 5.41) is 0. The van der Waals surface area contributed by atoms with Crippen molar-refractivity contribution in [2.45, 2.75) is 26.8 Å². The van der Waals surface area contributed by atoms with E-state index in [9.17, 15) is 9.59 Å². The summed E-state index contributed by atoms with van der Waals surface area (Å²) in [7, 11) is 0. The first-order valence-electron chi connectivity index (χ1n) is 4.02. The normalized spacial score (nSPS) is 10.2. The molecule has 4 nitrogen and oxygen atoms in total. The molecule has 0 fully saturated rings. The van der Waals surface area contributed by atoms with E-state index >= 15 is 0 Å². The molecule has 0 unspecified atom stereocenters. The lowest BCUT2D eigenvalue weighted by Crippen LogP contribution is -2.35. The number of H-pyrrole nitrogens is 1. The second-order valence-electron chi connectivity index (χ2n) is 2.52. The standard InChI is InChI=1S/C8H12N2O2/c1-3-6-5-9-8(12)10(4-2)7(6)11/h5H,3-4H2,1-2H3,(H,9,12). The van der Waals surface area contributed by atoms with Crippen LogP contribution in [0, 0.1) is 0 Å². The van der Waals surface area contributed by atoms with Crippen molar-refractivity contribution in [3.05, 3.63) is 32.6 Å². The first-order chi connectivity index (χ1) is 5.70. The minimum Gasteiger partial charge on any atom is -0.314 e. The second-order valence-corrected chi connectivity index (χ2v) is 2.52. The van der Waals surface area contributed by atoms with E-state index in [1.807, 2.05) is 6.92 Å². The fourth-order valence-corrected chi connectivity index (χ4v) is 1.09. The second kappa shape index (κ2) is 3.38. The van der Waals surface area contributed by atoms with E-state index in [0.717, 1.165) is 0 Å². The molecule has 0 aliphatic heterocycles. The van der Waals surface area contributed by atoms with Crippen molar-refractivity contribution < 1.29 is 0 Å². The molecule has 0 spiro atoms. The lowest BCUT2D eigenvalue weighted by Gasteiger charge is -2.01. The Labute approximate surface area is 69.9 Å². The highest BCUT2D eigenvalue weighted by Gasteiger charge is 2.02. The molecule has 1 heterocycles. The third kappa shape index (κ3) is 1.32. The third-order valence-electron chi connectivity index (χ3n) is 1.83. The van der Waals surface area contributed by atoms with Gasteiger partial charge in [-0.05, 0) is 13.3 Å². The summed E-state index contributed by atoms with van der Waals surface area (Å²) in [6.45, 7) is 4.08. The smallest absolute Gasteiger partial charge is 0.314 e. The van der Waals surface area contributed by atoms with Gasteiger partial charge in [0.1, 0.15) is 0 Å². The summed E-state index contributed by atoms with van der Waals surface area (Å²) >= 11 is 0. The summed E-state index contributed by atoms with van der Waals surface area (Å²) in [5.41, 5.74) is 0.139. The highest BCUT2D eigenvalue weighted by atomic mass is 16.2. The van der Waals surface area contributed by atoms with E-state index in [0.29, 0.717) is 18.5 Å². The molecular formula is C8H12N2O2. The monoisotopic (exact) mass is 168 g/mol. The minimum atomic E-state index is -0.334. The molecular weight excluding hydrogens is 156 g/mol. The average Bonchev–Trinajstić information content (AvgIpc) is 2.06. The Morgan fingerprint density at radius 1 is 1.42 bits per heavy atom. The maximum Gasteiger partial charge on any atom is 0.328 e. The van der Waals surface area contributed by atoms with Crippen molar-refractivity contribution in [3.8, 4) is 0 Å². The number of nitrogens with zero attached hydrogens (tertiary/aromatic N) is 1. The number of aromatic amines is 1. The predicted molar refractivity (Wildman–Crippen MR) is 46.4 cm³/mol. The number of nitrogens with one attached hydrogen (secondary N) is 1. The number of aromatic nitrogens is 2. The molecule has 0 aliphatic carbocycles. The predicted octanol–water partition coefficient (Wildman–Crippen LogP) is 0.119. The SMILES string of the molecule is CCc1c[nH]c(=O)n(CC)c1=O. The molecule has 0 radical (unpaired) electrons. The molecule has 0 saturated heterocycles. The van der Waals surface area contributed by atoms with Gasteiger partial charge in [-0.3, -0.25) is 9.36 Å². The molecule has 66 valence electrons. The number of rotatable bonds is 2. The Bertz CT molecular complexity index is 375. The minimum absolute atomic E-state index is 0.177. The van der Waals surface area contributed by atoms with E-state index in [1.54, 1.807) is 6.92 Å². The first-order valence-corrected chi connectivity index (χ1v) is 4.02. The molecule has 0 bridgehead atoms. The van der Waals surface area contributed by atoms with Crippen LogP contribution in [0.5, 0.6) is 0 Å². The number of hydrogen-bond donors (Lipinski definition) is 1. The van der Waals surface area contributed by atoms with Crippen LogP contribution in [0.15, 0.2) is 15.8 Å². The van der Waals surface area contributed by atoms with Crippen molar-refractivity contribution in [2.75, 3.05) is 0 Å². The molecule has 0 atom stereocenters. The van der Waals surface area contributed by atoms with Crippen LogP contribution in [-0.2, 0) is 13.0 Å². The van der Waals surface area contributed by atoms with Gasteiger partial charge in [0.05, 0.1) is 0 Å². The molecule has 0 amide bonds. The Morgan fingerprint density at radius 3 is 2.58 bits per heavy atom. The van der Waals surface area contributed by atoms with Gasteiger partial charge in [0, 0.05) is 18.3 Å². The summed E-state index contributed by atoms with van der Waals surface area (Å²) in [5.74, 6) is 0. The van der Waals surface area contributed by atoms with E-state index in [1.165, 1.54) is 10.8 Å². The van der Waals surface area contributed by atoms with Gasteiger partial charge in [-0.1, -0.05) is 6.92 Å². The summed E-state index contributed by atoms with van der Waals surface area (Å²) in [4.78, 5) is 25.0. The van der Waals surface area contributed by atoms with Crippen molar-refractivity contribution in [2.24, 2.45) is 0 Å². The van der Waals surface area contributed by atoms with Gasteiger partial charge in [-0.15, -0.1) is 0 Å². The van der Waals surface area contributed by atoms with Gasteiger partial charge in [0.25, 0.3) is 5.56 Å². The molecule has 0 saturated carbocycles. The number of hydrogen-bond acceptors (Lipinski definition) is 2. The molecule has 1 aromatic heterocycles. The Balaban J connectivity index is 3.45. The van der Waals surface area contributed by atoms with E-state index in [2.05, 4.69) is 4.98 Å². The molecule has 4 heteroatoms. The zero-order chi connectivity index (χ0) is 9.14. The van der Waals surface area contributed by atoms with Crippen LogP contribution in [0.4, 0.5) is 0 Å². The maximum atomic E-state index is 11.4. The molecule has 0 aromatic carbocycles. The largest absolute Gasteiger partial charge is 0.328 e. The fraction of sp³-hybridized carbons (Fsp3) is 0.500. The van der Waals surface area contributed by atoms with Gasteiger partial charge >= 0.3 is 5.69 Å². The van der Waals surface area contributed by atoms with E-state index < -0.39 is 0 Å². The maximum absolute atomic E-state index is 11.4. The highest BCUT2D eigenvalue weighted by Crippen LogP contribution is 1.85. The third-order valence-corrected chi connectivity index (χ3v) is 1.83. The van der Waals surface area contributed by atoms with Crippen LogP contribution in [0.3, 0.4) is 0 Å². The van der Waals surface area contributed by atoms with Crippen molar-refractivity contribution in [3.63, 3.8) is 0 Å². The Morgan fingerprint density at radius 2 is 2.08 bits per heavy atom. The zero-order valence-corrected chi connectivity index (χ0v) is 7.26. The summed E-state index contributed by atoms with van der Waals surface area (Å²) in [6, 6.07) is 0. The lowest BCUT2D eigenvalue weighted by molar-refractivity contribution is 0.661. The topological polar surface area (TPSA) is 54.9 Å². The first kappa shape index (κ1) is 8.77. The van der Waals surface area contributed by atoms with Crippen LogP contribution in [-0.4, -0.2) is 9.55 Å². The van der Waals surface area contributed by atoms with Crippen molar-refractivity contribution in [1.82, 2.24) is 9.55 Å². The van der Waals surface area contributed by atoms with Crippen LogP contribution in [0.25, 0.3) is 0 Å².